The van der Waals surface area contributed by atoms with Crippen molar-refractivity contribution in [2.45, 2.75) is 5.41 Å². The smallest absolute Gasteiger partial charge is 0.0713 e. The van der Waals surface area contributed by atoms with E-state index in [-0.39, 0.29) is 5.41 Å². The lowest BCUT2D eigenvalue weighted by atomic mass is 9.67. The van der Waals surface area contributed by atoms with Gasteiger partial charge in [0, 0.05) is 11.4 Å². The summed E-state index contributed by atoms with van der Waals surface area (Å²) in [7, 11) is 0. The zero-order chi connectivity index (χ0) is 29.3. The van der Waals surface area contributed by atoms with Gasteiger partial charge in [0.05, 0.1) is 5.41 Å². The van der Waals surface area contributed by atoms with Crippen LogP contribution in [-0.4, -0.2) is 0 Å². The maximum atomic E-state index is 3.60. The van der Waals surface area contributed by atoms with Crippen molar-refractivity contribution in [1.29, 1.82) is 0 Å². The highest BCUT2D eigenvalue weighted by molar-refractivity contribution is 5.86. The van der Waals surface area contributed by atoms with E-state index in [9.17, 15) is 0 Å². The average molecular weight is 562 g/mol. The van der Waals surface area contributed by atoms with E-state index in [1.807, 2.05) is 6.07 Å². The van der Waals surface area contributed by atoms with Crippen LogP contribution in [0.15, 0.2) is 182 Å². The first-order valence-corrected chi connectivity index (χ1v) is 15.2. The topological polar surface area (TPSA) is 12.0 Å². The largest absolute Gasteiger partial charge is 0.356 e. The molecule has 1 nitrogen and oxygen atoms in total. The molecule has 0 amide bonds. The van der Waals surface area contributed by atoms with Crippen molar-refractivity contribution >= 4 is 11.4 Å². The molecule has 0 unspecified atom stereocenters. The van der Waals surface area contributed by atoms with Crippen molar-refractivity contribution in [3.05, 3.63) is 204 Å². The fraction of sp³-hybridized carbons (Fsp3) is 0.0233. The van der Waals surface area contributed by atoms with Gasteiger partial charge in [-0.1, -0.05) is 158 Å². The standard InChI is InChI=1S/C43H31N/c1-3-12-31(13-4-1)32-24-28-37(29-25-32)44-38-17-11-14-34(30-38)33-22-26-36(27-23-33)43(35-15-5-2-6-16-35)41-20-9-7-18-39(41)40-19-8-10-21-42(40)43/h1-30,44H. The molecule has 0 radical (unpaired) electrons. The van der Waals surface area contributed by atoms with Gasteiger partial charge in [0.1, 0.15) is 0 Å². The summed E-state index contributed by atoms with van der Waals surface area (Å²) >= 11 is 0. The Kier molecular flexibility index (Phi) is 6.43. The van der Waals surface area contributed by atoms with Crippen LogP contribution in [0.2, 0.25) is 0 Å². The van der Waals surface area contributed by atoms with Gasteiger partial charge in [-0.15, -0.1) is 0 Å². The molecular weight excluding hydrogens is 530 g/mol. The Morgan fingerprint density at radius 1 is 0.318 bits per heavy atom. The molecule has 44 heavy (non-hydrogen) atoms. The number of hydrogen-bond acceptors (Lipinski definition) is 1. The van der Waals surface area contributed by atoms with Crippen LogP contribution in [0.25, 0.3) is 33.4 Å². The van der Waals surface area contributed by atoms with E-state index in [0.717, 1.165) is 11.4 Å². The van der Waals surface area contributed by atoms with Gasteiger partial charge in [-0.3, -0.25) is 0 Å². The van der Waals surface area contributed by atoms with Gasteiger partial charge in [-0.25, -0.2) is 0 Å². The third-order valence-corrected chi connectivity index (χ3v) is 8.95. The molecule has 0 aromatic heterocycles. The molecule has 0 fully saturated rings. The fourth-order valence-corrected chi connectivity index (χ4v) is 6.94. The summed E-state index contributed by atoms with van der Waals surface area (Å²) in [6, 6.07) is 65.7. The zero-order valence-corrected chi connectivity index (χ0v) is 24.3. The third kappa shape index (κ3) is 4.33. The van der Waals surface area contributed by atoms with Crippen LogP contribution in [0.1, 0.15) is 22.3 Å². The molecule has 0 spiro atoms. The summed E-state index contributed by atoms with van der Waals surface area (Å²) in [6.07, 6.45) is 0. The molecule has 0 heterocycles. The second-order valence-corrected chi connectivity index (χ2v) is 11.4. The quantitative estimate of drug-likeness (QED) is 0.213. The molecule has 7 aromatic carbocycles. The summed E-state index contributed by atoms with van der Waals surface area (Å²) < 4.78 is 0. The number of nitrogens with one attached hydrogen (secondary N) is 1. The van der Waals surface area contributed by atoms with Gasteiger partial charge >= 0.3 is 0 Å². The summed E-state index contributed by atoms with van der Waals surface area (Å²) in [5.41, 5.74) is 14.4. The van der Waals surface area contributed by atoms with Gasteiger partial charge < -0.3 is 5.32 Å². The highest BCUT2D eigenvalue weighted by atomic mass is 14.9. The number of benzene rings is 7. The predicted molar refractivity (Wildman–Crippen MR) is 184 cm³/mol. The van der Waals surface area contributed by atoms with Crippen LogP contribution in [0.3, 0.4) is 0 Å². The lowest BCUT2D eigenvalue weighted by Crippen LogP contribution is -2.28. The van der Waals surface area contributed by atoms with Gasteiger partial charge in [0.2, 0.25) is 0 Å². The van der Waals surface area contributed by atoms with Crippen molar-refractivity contribution in [1.82, 2.24) is 0 Å². The number of anilines is 2. The Morgan fingerprint density at radius 2 is 0.795 bits per heavy atom. The van der Waals surface area contributed by atoms with E-state index in [1.165, 1.54) is 55.6 Å². The van der Waals surface area contributed by atoms with Crippen LogP contribution in [-0.2, 0) is 5.41 Å². The lowest BCUT2D eigenvalue weighted by Gasteiger charge is -2.34. The lowest BCUT2D eigenvalue weighted by molar-refractivity contribution is 0.768. The molecule has 0 aliphatic heterocycles. The fourth-order valence-electron chi connectivity index (χ4n) is 6.94. The van der Waals surface area contributed by atoms with Crippen molar-refractivity contribution in [3.63, 3.8) is 0 Å². The van der Waals surface area contributed by atoms with E-state index in [4.69, 9.17) is 0 Å². The molecule has 1 aliphatic carbocycles. The van der Waals surface area contributed by atoms with E-state index >= 15 is 0 Å². The first-order chi connectivity index (χ1) is 21.8. The van der Waals surface area contributed by atoms with Crippen LogP contribution in [0.4, 0.5) is 11.4 Å². The third-order valence-electron chi connectivity index (χ3n) is 8.95. The number of rotatable bonds is 6. The Balaban J connectivity index is 1.14. The first-order valence-electron chi connectivity index (χ1n) is 15.2. The second kappa shape index (κ2) is 10.9. The molecule has 1 aliphatic rings. The Morgan fingerprint density at radius 3 is 1.45 bits per heavy atom. The van der Waals surface area contributed by atoms with Crippen LogP contribution < -0.4 is 5.32 Å². The van der Waals surface area contributed by atoms with Gasteiger partial charge in [-0.2, -0.15) is 0 Å². The zero-order valence-electron chi connectivity index (χ0n) is 24.3. The monoisotopic (exact) mass is 561 g/mol. The minimum Gasteiger partial charge on any atom is -0.356 e. The van der Waals surface area contributed by atoms with Gasteiger partial charge in [0.25, 0.3) is 0 Å². The van der Waals surface area contributed by atoms with Crippen LogP contribution >= 0.6 is 0 Å². The first kappa shape index (κ1) is 26.0. The Bertz CT molecular complexity index is 2010. The van der Waals surface area contributed by atoms with Crippen LogP contribution in [0, 0.1) is 0 Å². The van der Waals surface area contributed by atoms with Crippen molar-refractivity contribution in [3.8, 4) is 33.4 Å². The Labute approximate surface area is 259 Å². The van der Waals surface area contributed by atoms with Crippen molar-refractivity contribution < 1.29 is 0 Å². The highest BCUT2D eigenvalue weighted by Gasteiger charge is 2.45. The molecule has 0 atom stereocenters. The summed E-state index contributed by atoms with van der Waals surface area (Å²) in [5.74, 6) is 0. The van der Waals surface area contributed by atoms with Crippen molar-refractivity contribution in [2.24, 2.45) is 0 Å². The minimum atomic E-state index is -0.373. The maximum absolute atomic E-state index is 3.60. The normalized spacial score (nSPS) is 12.7. The minimum absolute atomic E-state index is 0.373. The molecule has 1 N–H and O–H groups in total. The van der Waals surface area contributed by atoms with Crippen molar-refractivity contribution in [2.75, 3.05) is 5.32 Å². The molecule has 208 valence electrons. The molecule has 0 saturated carbocycles. The average Bonchev–Trinajstić information content (AvgIpc) is 3.41. The number of fused-ring (bicyclic) bond motifs is 3. The van der Waals surface area contributed by atoms with E-state index < -0.39 is 0 Å². The maximum Gasteiger partial charge on any atom is 0.0713 e. The summed E-state index contributed by atoms with van der Waals surface area (Å²) in [6.45, 7) is 0. The van der Waals surface area contributed by atoms with Crippen LogP contribution in [0.5, 0.6) is 0 Å². The molecule has 8 rings (SSSR count). The molecular formula is C43H31N. The van der Waals surface area contributed by atoms with Gasteiger partial charge in [-0.05, 0) is 79.9 Å². The molecule has 0 bridgehead atoms. The molecule has 1 heteroatoms. The highest BCUT2D eigenvalue weighted by Crippen LogP contribution is 2.56. The summed E-state index contributed by atoms with van der Waals surface area (Å²) in [5, 5.41) is 3.60. The van der Waals surface area contributed by atoms with E-state index in [0.29, 0.717) is 0 Å². The Hall–Kier alpha value is -5.66. The second-order valence-electron chi connectivity index (χ2n) is 11.4. The molecule has 0 saturated heterocycles. The number of hydrogen-bond donors (Lipinski definition) is 1. The predicted octanol–water partition coefficient (Wildman–Crippen LogP) is 11.1. The van der Waals surface area contributed by atoms with E-state index in [2.05, 4.69) is 181 Å². The summed E-state index contributed by atoms with van der Waals surface area (Å²) in [4.78, 5) is 0. The molecule has 7 aromatic rings. The van der Waals surface area contributed by atoms with Gasteiger partial charge in [0.15, 0.2) is 0 Å². The van der Waals surface area contributed by atoms with E-state index in [1.54, 1.807) is 0 Å². The SMILES string of the molecule is c1ccc(-c2ccc(Nc3cccc(-c4ccc(C5(c6ccccc6)c6ccccc6-c6ccccc65)cc4)c3)cc2)cc1.